The Morgan fingerprint density at radius 1 is 1.05 bits per heavy atom. The molecule has 2 aromatic rings. The van der Waals surface area contributed by atoms with Gasteiger partial charge in [0.1, 0.15) is 0 Å². The van der Waals surface area contributed by atoms with E-state index in [2.05, 4.69) is 15.9 Å². The van der Waals surface area contributed by atoms with Crippen LogP contribution in [0.4, 0.5) is 8.78 Å². The maximum atomic E-state index is 13.0. The average Bonchev–Trinajstić information content (AvgIpc) is 2.42. The van der Waals surface area contributed by atoms with E-state index in [1.807, 2.05) is 0 Å². The highest BCUT2D eigenvalue weighted by atomic mass is 79.9. The SMILES string of the molecule is O=C(CS(=O)c1ccc(Br)cc1)c1ccc(F)c(F)c1. The summed E-state index contributed by atoms with van der Waals surface area (Å²) in [5, 5.41) is 0. The summed E-state index contributed by atoms with van der Waals surface area (Å²) in [7, 11) is -1.52. The first kappa shape index (κ1) is 15.0. The van der Waals surface area contributed by atoms with E-state index in [1.165, 1.54) is 6.07 Å². The zero-order valence-corrected chi connectivity index (χ0v) is 12.5. The molecule has 0 aromatic heterocycles. The number of benzene rings is 2. The van der Waals surface area contributed by atoms with Crippen LogP contribution >= 0.6 is 15.9 Å². The van der Waals surface area contributed by atoms with Crippen LogP contribution < -0.4 is 0 Å². The first-order valence-electron chi connectivity index (χ1n) is 5.59. The minimum atomic E-state index is -1.52. The Labute approximate surface area is 125 Å². The van der Waals surface area contributed by atoms with Crippen molar-refractivity contribution < 1.29 is 17.8 Å². The predicted octanol–water partition coefficient (Wildman–Crippen LogP) is 3.72. The minimum Gasteiger partial charge on any atom is -0.293 e. The molecule has 0 aliphatic carbocycles. The summed E-state index contributed by atoms with van der Waals surface area (Å²) >= 11 is 3.25. The first-order chi connectivity index (χ1) is 9.47. The molecular formula is C14H9BrF2O2S. The van der Waals surface area contributed by atoms with E-state index in [1.54, 1.807) is 24.3 Å². The normalized spacial score (nSPS) is 12.2. The van der Waals surface area contributed by atoms with Crippen molar-refractivity contribution in [3.05, 3.63) is 64.1 Å². The molecule has 2 nitrogen and oxygen atoms in total. The maximum absolute atomic E-state index is 13.0. The van der Waals surface area contributed by atoms with Gasteiger partial charge < -0.3 is 0 Å². The van der Waals surface area contributed by atoms with Gasteiger partial charge in [0.25, 0.3) is 0 Å². The number of rotatable bonds is 4. The molecule has 104 valence electrons. The fraction of sp³-hybridized carbons (Fsp3) is 0.0714. The molecule has 0 heterocycles. The number of ketones is 1. The van der Waals surface area contributed by atoms with Crippen molar-refractivity contribution in [3.8, 4) is 0 Å². The second-order valence-corrected chi connectivity index (χ2v) is 6.36. The second kappa shape index (κ2) is 6.37. The summed E-state index contributed by atoms with van der Waals surface area (Å²) in [4.78, 5) is 12.4. The van der Waals surface area contributed by atoms with Crippen molar-refractivity contribution in [3.63, 3.8) is 0 Å². The largest absolute Gasteiger partial charge is 0.293 e. The van der Waals surface area contributed by atoms with Crippen molar-refractivity contribution in [1.29, 1.82) is 0 Å². The van der Waals surface area contributed by atoms with Crippen molar-refractivity contribution >= 4 is 32.5 Å². The van der Waals surface area contributed by atoms with Crippen molar-refractivity contribution in [2.75, 3.05) is 5.75 Å². The molecule has 2 aromatic carbocycles. The summed E-state index contributed by atoms with van der Waals surface area (Å²) in [5.41, 5.74) is 0.00867. The van der Waals surface area contributed by atoms with E-state index in [0.29, 0.717) is 4.90 Å². The number of carbonyl (C=O) groups is 1. The topological polar surface area (TPSA) is 34.1 Å². The highest BCUT2D eigenvalue weighted by Crippen LogP contribution is 2.15. The molecule has 20 heavy (non-hydrogen) atoms. The van der Waals surface area contributed by atoms with Crippen LogP contribution in [-0.4, -0.2) is 15.7 Å². The van der Waals surface area contributed by atoms with Crippen LogP contribution in [-0.2, 0) is 10.8 Å². The van der Waals surface area contributed by atoms with Gasteiger partial charge in [-0.3, -0.25) is 9.00 Å². The Balaban J connectivity index is 2.13. The summed E-state index contributed by atoms with van der Waals surface area (Å²) in [5.74, 6) is -2.88. The monoisotopic (exact) mass is 358 g/mol. The van der Waals surface area contributed by atoms with Crippen molar-refractivity contribution in [2.45, 2.75) is 4.90 Å². The molecule has 0 saturated heterocycles. The van der Waals surface area contributed by atoms with Crippen molar-refractivity contribution in [2.24, 2.45) is 0 Å². The molecule has 1 atom stereocenters. The maximum Gasteiger partial charge on any atom is 0.175 e. The predicted molar refractivity (Wildman–Crippen MR) is 76.1 cm³/mol. The van der Waals surface area contributed by atoms with Crippen molar-refractivity contribution in [1.82, 2.24) is 0 Å². The lowest BCUT2D eigenvalue weighted by Gasteiger charge is -2.03. The average molecular weight is 359 g/mol. The first-order valence-corrected chi connectivity index (χ1v) is 7.71. The molecule has 0 saturated carbocycles. The van der Waals surface area contributed by atoms with Gasteiger partial charge in [-0.15, -0.1) is 0 Å². The van der Waals surface area contributed by atoms with Crippen LogP contribution in [0.3, 0.4) is 0 Å². The highest BCUT2D eigenvalue weighted by Gasteiger charge is 2.14. The van der Waals surface area contributed by atoms with E-state index in [-0.39, 0.29) is 11.3 Å². The number of hydrogen-bond acceptors (Lipinski definition) is 2. The molecule has 0 aliphatic heterocycles. The molecule has 0 fully saturated rings. The van der Waals surface area contributed by atoms with E-state index in [9.17, 15) is 17.8 Å². The lowest BCUT2D eigenvalue weighted by Crippen LogP contribution is -2.11. The van der Waals surface area contributed by atoms with Crippen LogP contribution in [0.25, 0.3) is 0 Å². The second-order valence-electron chi connectivity index (χ2n) is 4.00. The van der Waals surface area contributed by atoms with Gasteiger partial charge in [0.15, 0.2) is 17.4 Å². The van der Waals surface area contributed by atoms with E-state index in [4.69, 9.17) is 0 Å². The van der Waals surface area contributed by atoms with Crippen LogP contribution in [0, 0.1) is 11.6 Å². The molecule has 0 N–H and O–H groups in total. The summed E-state index contributed by atoms with van der Waals surface area (Å²) in [6.07, 6.45) is 0. The van der Waals surface area contributed by atoms with Gasteiger partial charge in [0, 0.05) is 14.9 Å². The number of hydrogen-bond donors (Lipinski definition) is 0. The van der Waals surface area contributed by atoms with Gasteiger partial charge >= 0.3 is 0 Å². The van der Waals surface area contributed by atoms with E-state index >= 15 is 0 Å². The number of Topliss-reactive ketones (excluding diaryl/α,β-unsaturated/α-hetero) is 1. The van der Waals surface area contributed by atoms with Crippen LogP contribution in [0.15, 0.2) is 51.8 Å². The lowest BCUT2D eigenvalue weighted by molar-refractivity contribution is 0.102. The quantitative estimate of drug-likeness (QED) is 0.780. The lowest BCUT2D eigenvalue weighted by atomic mass is 10.1. The summed E-state index contributed by atoms with van der Waals surface area (Å²) in [6, 6.07) is 9.59. The molecule has 1 unspecified atom stereocenters. The number of carbonyl (C=O) groups excluding carboxylic acids is 1. The van der Waals surface area contributed by atoms with E-state index < -0.39 is 28.2 Å². The molecule has 0 aliphatic rings. The zero-order chi connectivity index (χ0) is 14.7. The van der Waals surface area contributed by atoms with Gasteiger partial charge in [-0.2, -0.15) is 0 Å². The Morgan fingerprint density at radius 2 is 1.70 bits per heavy atom. The summed E-state index contributed by atoms with van der Waals surface area (Å²) < 4.78 is 38.6. The van der Waals surface area contributed by atoms with Gasteiger partial charge in [-0.25, -0.2) is 8.78 Å². The molecule has 0 amide bonds. The van der Waals surface area contributed by atoms with Crippen LogP contribution in [0.1, 0.15) is 10.4 Å². The van der Waals surface area contributed by atoms with Gasteiger partial charge in [-0.05, 0) is 42.5 Å². The molecule has 0 radical (unpaired) electrons. The highest BCUT2D eigenvalue weighted by molar-refractivity contribution is 9.10. The minimum absolute atomic E-state index is 0.00867. The fourth-order valence-corrected chi connectivity index (χ4v) is 2.82. The number of halogens is 3. The fourth-order valence-electron chi connectivity index (χ4n) is 1.54. The Hall–Kier alpha value is -1.40. The zero-order valence-electron chi connectivity index (χ0n) is 10.1. The third-order valence-electron chi connectivity index (χ3n) is 2.58. The Bertz CT molecular complexity index is 671. The Kier molecular flexibility index (Phi) is 4.77. The smallest absolute Gasteiger partial charge is 0.175 e. The van der Waals surface area contributed by atoms with Gasteiger partial charge in [0.2, 0.25) is 0 Å². The third kappa shape index (κ3) is 3.58. The molecular weight excluding hydrogens is 350 g/mol. The molecule has 2 rings (SSSR count). The Morgan fingerprint density at radius 3 is 2.30 bits per heavy atom. The van der Waals surface area contributed by atoms with Gasteiger partial charge in [-0.1, -0.05) is 15.9 Å². The summed E-state index contributed by atoms with van der Waals surface area (Å²) in [6.45, 7) is 0. The van der Waals surface area contributed by atoms with Crippen LogP contribution in [0.2, 0.25) is 0 Å². The van der Waals surface area contributed by atoms with Gasteiger partial charge in [0.05, 0.1) is 16.6 Å². The van der Waals surface area contributed by atoms with E-state index in [0.717, 1.165) is 16.6 Å². The van der Waals surface area contributed by atoms with Crippen LogP contribution in [0.5, 0.6) is 0 Å². The molecule has 0 bridgehead atoms. The molecule has 6 heteroatoms. The third-order valence-corrected chi connectivity index (χ3v) is 4.43. The standard InChI is InChI=1S/C14H9BrF2O2S/c15-10-2-4-11(5-3-10)20(19)8-14(18)9-1-6-12(16)13(17)7-9/h1-7H,8H2. The molecule has 0 spiro atoms.